The van der Waals surface area contributed by atoms with E-state index >= 15 is 0 Å². The number of morpholine rings is 1. The van der Waals surface area contributed by atoms with Crippen LogP contribution in [0.5, 0.6) is 0 Å². The van der Waals surface area contributed by atoms with E-state index in [0.717, 1.165) is 5.56 Å². The summed E-state index contributed by atoms with van der Waals surface area (Å²) >= 11 is 0. The molecule has 0 bridgehead atoms. The minimum absolute atomic E-state index is 0.00506. The minimum atomic E-state index is -0.882. The molecular weight excluding hydrogens is 303 g/mol. The van der Waals surface area contributed by atoms with Gasteiger partial charge in [-0.3, -0.25) is 14.5 Å². The Morgan fingerprint density at radius 2 is 2.09 bits per heavy atom. The molecule has 1 aromatic rings. The van der Waals surface area contributed by atoms with Crippen LogP contribution in [0.4, 0.5) is 4.39 Å². The molecule has 23 heavy (non-hydrogen) atoms. The SMILES string of the molecule is CN(CCC(=O)O)CC(=O)N1CCOC(c2ccc(F)cc2)C1. The number of carboxylic acid groups (broad SMARTS) is 1. The van der Waals surface area contributed by atoms with Gasteiger partial charge >= 0.3 is 5.97 Å². The largest absolute Gasteiger partial charge is 0.481 e. The smallest absolute Gasteiger partial charge is 0.304 e. The topological polar surface area (TPSA) is 70.1 Å². The highest BCUT2D eigenvalue weighted by Crippen LogP contribution is 2.22. The molecule has 7 heteroatoms. The summed E-state index contributed by atoms with van der Waals surface area (Å²) in [6.45, 7) is 1.84. The van der Waals surface area contributed by atoms with Crippen LogP contribution < -0.4 is 0 Å². The summed E-state index contributed by atoms with van der Waals surface area (Å²) in [5.41, 5.74) is 0.836. The van der Waals surface area contributed by atoms with Gasteiger partial charge in [0, 0.05) is 13.1 Å². The Labute approximate surface area is 134 Å². The molecule has 1 aromatic carbocycles. The molecule has 6 nitrogen and oxygen atoms in total. The highest BCUT2D eigenvalue weighted by molar-refractivity contribution is 5.78. The van der Waals surface area contributed by atoms with Gasteiger partial charge in [0.25, 0.3) is 0 Å². The third kappa shape index (κ3) is 5.30. The normalized spacial score (nSPS) is 18.2. The van der Waals surface area contributed by atoms with Crippen LogP contribution in [0.2, 0.25) is 0 Å². The molecule has 0 radical (unpaired) electrons. The summed E-state index contributed by atoms with van der Waals surface area (Å²) in [6.07, 6.45) is -0.261. The minimum Gasteiger partial charge on any atom is -0.481 e. The number of benzene rings is 1. The lowest BCUT2D eigenvalue weighted by molar-refractivity contribution is -0.141. The third-order valence-corrected chi connectivity index (χ3v) is 3.77. The summed E-state index contributed by atoms with van der Waals surface area (Å²) in [4.78, 5) is 26.3. The summed E-state index contributed by atoms with van der Waals surface area (Å²) in [5, 5.41) is 8.66. The van der Waals surface area contributed by atoms with Gasteiger partial charge in [0.2, 0.25) is 5.91 Å². The Kier molecular flexibility index (Phi) is 6.06. The van der Waals surface area contributed by atoms with Crippen molar-refractivity contribution in [1.29, 1.82) is 0 Å². The van der Waals surface area contributed by atoms with Crippen molar-refractivity contribution < 1.29 is 23.8 Å². The van der Waals surface area contributed by atoms with Gasteiger partial charge in [-0.15, -0.1) is 0 Å². The van der Waals surface area contributed by atoms with E-state index in [1.54, 1.807) is 29.0 Å². The van der Waals surface area contributed by atoms with E-state index in [-0.39, 0.29) is 30.8 Å². The zero-order valence-electron chi connectivity index (χ0n) is 13.1. The molecule has 1 N–H and O–H groups in total. The zero-order valence-corrected chi connectivity index (χ0v) is 13.1. The molecule has 1 saturated heterocycles. The van der Waals surface area contributed by atoms with Crippen LogP contribution in [-0.4, -0.2) is 66.6 Å². The van der Waals surface area contributed by atoms with Crippen LogP contribution in [0.25, 0.3) is 0 Å². The van der Waals surface area contributed by atoms with Gasteiger partial charge < -0.3 is 14.7 Å². The average Bonchev–Trinajstić information content (AvgIpc) is 2.53. The number of amides is 1. The molecule has 1 heterocycles. The van der Waals surface area contributed by atoms with E-state index in [9.17, 15) is 14.0 Å². The second kappa shape index (κ2) is 8.03. The van der Waals surface area contributed by atoms with Gasteiger partial charge in [-0.2, -0.15) is 0 Å². The number of rotatable bonds is 6. The Morgan fingerprint density at radius 1 is 1.39 bits per heavy atom. The molecule has 1 fully saturated rings. The number of carboxylic acids is 1. The zero-order chi connectivity index (χ0) is 16.8. The van der Waals surface area contributed by atoms with Crippen molar-refractivity contribution in [3.8, 4) is 0 Å². The van der Waals surface area contributed by atoms with Gasteiger partial charge in [0.05, 0.1) is 26.1 Å². The van der Waals surface area contributed by atoms with Gasteiger partial charge in [0.1, 0.15) is 11.9 Å². The second-order valence-electron chi connectivity index (χ2n) is 5.63. The predicted molar refractivity (Wildman–Crippen MR) is 81.4 cm³/mol. The van der Waals surface area contributed by atoms with Crippen molar-refractivity contribution in [3.63, 3.8) is 0 Å². The molecule has 1 amide bonds. The predicted octanol–water partition coefficient (Wildman–Crippen LogP) is 1.13. The molecule has 1 atom stereocenters. The van der Waals surface area contributed by atoms with Crippen molar-refractivity contribution in [2.45, 2.75) is 12.5 Å². The summed E-state index contributed by atoms with van der Waals surface area (Å²) in [6, 6.07) is 6.07. The van der Waals surface area contributed by atoms with Crippen molar-refractivity contribution in [1.82, 2.24) is 9.80 Å². The lowest BCUT2D eigenvalue weighted by Crippen LogP contribution is -2.46. The molecule has 2 rings (SSSR count). The van der Waals surface area contributed by atoms with Crippen molar-refractivity contribution in [2.24, 2.45) is 0 Å². The standard InChI is InChI=1S/C16H21FN2O4/c1-18(7-6-16(21)22)11-15(20)19-8-9-23-14(10-19)12-2-4-13(17)5-3-12/h2-5,14H,6-11H2,1H3,(H,21,22). The Hall–Kier alpha value is -1.99. The number of nitrogens with zero attached hydrogens (tertiary/aromatic N) is 2. The first kappa shape index (κ1) is 17.4. The van der Waals surface area contributed by atoms with E-state index in [0.29, 0.717) is 26.2 Å². The first-order valence-corrected chi connectivity index (χ1v) is 7.51. The molecule has 0 aliphatic carbocycles. The highest BCUT2D eigenvalue weighted by Gasteiger charge is 2.25. The molecular formula is C16H21FN2O4. The number of hydrogen-bond donors (Lipinski definition) is 1. The molecule has 0 aromatic heterocycles. The number of carbonyl (C=O) groups is 2. The number of carbonyl (C=O) groups excluding carboxylic acids is 1. The fourth-order valence-electron chi connectivity index (χ4n) is 2.45. The lowest BCUT2D eigenvalue weighted by Gasteiger charge is -2.34. The van der Waals surface area contributed by atoms with E-state index in [1.807, 2.05) is 0 Å². The molecule has 126 valence electrons. The number of likely N-dealkylation sites (N-methyl/N-ethyl adjacent to an activating group) is 1. The van der Waals surface area contributed by atoms with Crippen LogP contribution in [-0.2, 0) is 14.3 Å². The van der Waals surface area contributed by atoms with Gasteiger partial charge in [-0.25, -0.2) is 4.39 Å². The van der Waals surface area contributed by atoms with Gasteiger partial charge in [-0.1, -0.05) is 12.1 Å². The first-order chi connectivity index (χ1) is 11.0. The van der Waals surface area contributed by atoms with Crippen molar-refractivity contribution in [3.05, 3.63) is 35.6 Å². The van der Waals surface area contributed by atoms with Crippen LogP contribution in [0.3, 0.4) is 0 Å². The van der Waals surface area contributed by atoms with Gasteiger partial charge in [-0.05, 0) is 24.7 Å². The maximum Gasteiger partial charge on any atom is 0.304 e. The number of ether oxygens (including phenoxy) is 1. The highest BCUT2D eigenvalue weighted by atomic mass is 19.1. The van der Waals surface area contributed by atoms with Crippen LogP contribution in [0, 0.1) is 5.82 Å². The van der Waals surface area contributed by atoms with Crippen molar-refractivity contribution in [2.75, 3.05) is 39.8 Å². The molecule has 0 spiro atoms. The molecule has 0 saturated carbocycles. The molecule has 1 aliphatic rings. The fraction of sp³-hybridized carbons (Fsp3) is 0.500. The third-order valence-electron chi connectivity index (χ3n) is 3.77. The Morgan fingerprint density at radius 3 is 2.74 bits per heavy atom. The van der Waals surface area contributed by atoms with Crippen molar-refractivity contribution >= 4 is 11.9 Å². The maximum absolute atomic E-state index is 13.0. The average molecular weight is 324 g/mol. The van der Waals surface area contributed by atoms with Crippen LogP contribution in [0.15, 0.2) is 24.3 Å². The fourth-order valence-corrected chi connectivity index (χ4v) is 2.45. The number of halogens is 1. The maximum atomic E-state index is 13.0. The Bertz CT molecular complexity index is 550. The summed E-state index contributed by atoms with van der Waals surface area (Å²) in [5.74, 6) is -1.25. The molecule has 1 unspecified atom stereocenters. The second-order valence-corrected chi connectivity index (χ2v) is 5.63. The first-order valence-electron chi connectivity index (χ1n) is 7.51. The van der Waals surface area contributed by atoms with Gasteiger partial charge in [0.15, 0.2) is 0 Å². The lowest BCUT2D eigenvalue weighted by atomic mass is 10.1. The number of hydrogen-bond acceptors (Lipinski definition) is 4. The van der Waals surface area contributed by atoms with E-state index in [1.165, 1.54) is 12.1 Å². The number of aliphatic carboxylic acids is 1. The van der Waals surface area contributed by atoms with Crippen LogP contribution in [0.1, 0.15) is 18.1 Å². The van der Waals surface area contributed by atoms with Crippen LogP contribution >= 0.6 is 0 Å². The molecule has 1 aliphatic heterocycles. The Balaban J connectivity index is 1.88. The monoisotopic (exact) mass is 324 g/mol. The quantitative estimate of drug-likeness (QED) is 0.849. The van der Waals surface area contributed by atoms with E-state index in [2.05, 4.69) is 0 Å². The van der Waals surface area contributed by atoms with E-state index < -0.39 is 5.97 Å². The summed E-state index contributed by atoms with van der Waals surface area (Å²) in [7, 11) is 1.72. The summed E-state index contributed by atoms with van der Waals surface area (Å²) < 4.78 is 18.6. The van der Waals surface area contributed by atoms with E-state index in [4.69, 9.17) is 9.84 Å².